The molecule has 0 radical (unpaired) electrons. The minimum atomic E-state index is -0.687. The standard InChI is InChI=1S/C14H14BrNO/c1-9-5-6-12(13(16)7-9)14(17)10-3-2-4-11(15)8-10/h2-8,14,17H,16H2,1H3. The third-order valence-corrected chi connectivity index (χ3v) is 3.19. The Morgan fingerprint density at radius 1 is 1.18 bits per heavy atom. The zero-order valence-corrected chi connectivity index (χ0v) is 11.1. The summed E-state index contributed by atoms with van der Waals surface area (Å²) in [5.74, 6) is 0. The first-order valence-electron chi connectivity index (χ1n) is 5.37. The highest BCUT2D eigenvalue weighted by atomic mass is 79.9. The van der Waals surface area contributed by atoms with Gasteiger partial charge in [-0.3, -0.25) is 0 Å². The molecule has 0 bridgehead atoms. The van der Waals surface area contributed by atoms with Gasteiger partial charge in [0.15, 0.2) is 0 Å². The number of rotatable bonds is 2. The first-order valence-corrected chi connectivity index (χ1v) is 6.17. The number of nitrogens with two attached hydrogens (primary N) is 1. The summed E-state index contributed by atoms with van der Waals surface area (Å²) in [4.78, 5) is 0. The lowest BCUT2D eigenvalue weighted by Gasteiger charge is -2.14. The van der Waals surface area contributed by atoms with Crippen LogP contribution in [0.1, 0.15) is 22.8 Å². The molecule has 0 spiro atoms. The number of aliphatic hydroxyl groups excluding tert-OH is 1. The van der Waals surface area contributed by atoms with Crippen molar-refractivity contribution < 1.29 is 5.11 Å². The van der Waals surface area contributed by atoms with Crippen LogP contribution in [0.25, 0.3) is 0 Å². The second-order valence-corrected chi connectivity index (χ2v) is 5.01. The van der Waals surface area contributed by atoms with Crippen molar-refractivity contribution in [3.63, 3.8) is 0 Å². The number of aryl methyl sites for hydroxylation is 1. The van der Waals surface area contributed by atoms with E-state index in [1.54, 1.807) is 0 Å². The maximum absolute atomic E-state index is 10.3. The molecule has 2 aromatic carbocycles. The Hall–Kier alpha value is -1.32. The Balaban J connectivity index is 2.40. The molecular formula is C14H14BrNO. The van der Waals surface area contributed by atoms with Crippen molar-refractivity contribution >= 4 is 21.6 Å². The molecule has 88 valence electrons. The van der Waals surface area contributed by atoms with Gasteiger partial charge in [0, 0.05) is 15.7 Å². The SMILES string of the molecule is Cc1ccc(C(O)c2cccc(Br)c2)c(N)c1. The van der Waals surface area contributed by atoms with Crippen LogP contribution in [-0.4, -0.2) is 5.11 Å². The lowest BCUT2D eigenvalue weighted by molar-refractivity contribution is 0.221. The summed E-state index contributed by atoms with van der Waals surface area (Å²) in [5, 5.41) is 10.3. The predicted molar refractivity (Wildman–Crippen MR) is 73.8 cm³/mol. The highest BCUT2D eigenvalue weighted by Crippen LogP contribution is 2.28. The average molecular weight is 292 g/mol. The highest BCUT2D eigenvalue weighted by molar-refractivity contribution is 9.10. The molecule has 0 aliphatic heterocycles. The fraction of sp³-hybridized carbons (Fsp3) is 0.143. The van der Waals surface area contributed by atoms with E-state index in [4.69, 9.17) is 5.73 Å². The quantitative estimate of drug-likeness (QED) is 0.833. The van der Waals surface area contributed by atoms with E-state index in [1.165, 1.54) is 0 Å². The molecule has 2 nitrogen and oxygen atoms in total. The number of anilines is 1. The molecule has 2 rings (SSSR count). The van der Waals surface area contributed by atoms with Gasteiger partial charge in [-0.15, -0.1) is 0 Å². The third kappa shape index (κ3) is 2.68. The topological polar surface area (TPSA) is 46.2 Å². The number of halogens is 1. The van der Waals surface area contributed by atoms with E-state index >= 15 is 0 Å². The van der Waals surface area contributed by atoms with E-state index in [2.05, 4.69) is 15.9 Å². The van der Waals surface area contributed by atoms with Crippen molar-refractivity contribution in [3.8, 4) is 0 Å². The van der Waals surface area contributed by atoms with Crippen molar-refractivity contribution in [2.45, 2.75) is 13.0 Å². The molecule has 3 N–H and O–H groups in total. The molecule has 0 saturated carbocycles. The van der Waals surface area contributed by atoms with Crippen molar-refractivity contribution in [2.24, 2.45) is 0 Å². The summed E-state index contributed by atoms with van der Waals surface area (Å²) in [7, 11) is 0. The van der Waals surface area contributed by atoms with Crippen LogP contribution in [0.5, 0.6) is 0 Å². The molecule has 1 unspecified atom stereocenters. The van der Waals surface area contributed by atoms with E-state index in [9.17, 15) is 5.11 Å². The molecule has 0 amide bonds. The second-order valence-electron chi connectivity index (χ2n) is 4.09. The third-order valence-electron chi connectivity index (χ3n) is 2.70. The van der Waals surface area contributed by atoms with Gasteiger partial charge < -0.3 is 10.8 Å². The summed E-state index contributed by atoms with van der Waals surface area (Å²) in [6.07, 6.45) is -0.687. The normalized spacial score (nSPS) is 12.4. The fourth-order valence-corrected chi connectivity index (χ4v) is 2.22. The number of nitrogen functional groups attached to an aromatic ring is 1. The van der Waals surface area contributed by atoms with Crippen LogP contribution < -0.4 is 5.73 Å². The van der Waals surface area contributed by atoms with Gasteiger partial charge in [0.1, 0.15) is 6.10 Å². The molecule has 2 aromatic rings. The molecule has 0 aliphatic rings. The summed E-state index contributed by atoms with van der Waals surface area (Å²) in [6.45, 7) is 1.98. The van der Waals surface area contributed by atoms with Crippen molar-refractivity contribution in [1.29, 1.82) is 0 Å². The van der Waals surface area contributed by atoms with E-state index in [1.807, 2.05) is 49.4 Å². The Kier molecular flexibility index (Phi) is 3.50. The summed E-state index contributed by atoms with van der Waals surface area (Å²) >= 11 is 3.39. The van der Waals surface area contributed by atoms with Gasteiger partial charge in [-0.05, 0) is 36.2 Å². The van der Waals surface area contributed by atoms with Crippen LogP contribution in [0.2, 0.25) is 0 Å². The summed E-state index contributed by atoms with van der Waals surface area (Å²) < 4.78 is 0.944. The van der Waals surface area contributed by atoms with Gasteiger partial charge >= 0.3 is 0 Å². The molecule has 0 aromatic heterocycles. The summed E-state index contributed by atoms with van der Waals surface area (Å²) in [5.41, 5.74) is 9.21. The minimum absolute atomic E-state index is 0.623. The van der Waals surface area contributed by atoms with Gasteiger partial charge in [0.05, 0.1) is 0 Å². The predicted octanol–water partition coefficient (Wildman–Crippen LogP) is 3.42. The molecule has 17 heavy (non-hydrogen) atoms. The van der Waals surface area contributed by atoms with E-state index in [-0.39, 0.29) is 0 Å². The number of hydrogen-bond donors (Lipinski definition) is 2. The monoisotopic (exact) mass is 291 g/mol. The zero-order valence-electron chi connectivity index (χ0n) is 9.52. The second kappa shape index (κ2) is 4.90. The van der Waals surface area contributed by atoms with Crippen molar-refractivity contribution in [3.05, 3.63) is 63.6 Å². The first-order chi connectivity index (χ1) is 8.08. The fourth-order valence-electron chi connectivity index (χ4n) is 1.80. The summed E-state index contributed by atoms with van der Waals surface area (Å²) in [6, 6.07) is 13.3. The molecule has 0 fully saturated rings. The highest BCUT2D eigenvalue weighted by Gasteiger charge is 2.13. The Labute approximate surface area is 109 Å². The van der Waals surface area contributed by atoms with Crippen LogP contribution in [0.3, 0.4) is 0 Å². The van der Waals surface area contributed by atoms with Crippen LogP contribution in [0, 0.1) is 6.92 Å². The molecule has 3 heteroatoms. The Morgan fingerprint density at radius 3 is 2.59 bits per heavy atom. The number of aliphatic hydroxyl groups is 1. The minimum Gasteiger partial charge on any atom is -0.398 e. The molecular weight excluding hydrogens is 278 g/mol. The molecule has 0 saturated heterocycles. The Morgan fingerprint density at radius 2 is 1.94 bits per heavy atom. The van der Waals surface area contributed by atoms with Gasteiger partial charge in [0.25, 0.3) is 0 Å². The largest absolute Gasteiger partial charge is 0.398 e. The number of hydrogen-bond acceptors (Lipinski definition) is 2. The van der Waals surface area contributed by atoms with Gasteiger partial charge in [0.2, 0.25) is 0 Å². The van der Waals surface area contributed by atoms with Gasteiger partial charge in [-0.1, -0.05) is 40.2 Å². The molecule has 1 atom stereocenters. The lowest BCUT2D eigenvalue weighted by Crippen LogP contribution is -2.04. The van der Waals surface area contributed by atoms with Crippen LogP contribution in [-0.2, 0) is 0 Å². The van der Waals surface area contributed by atoms with E-state index in [0.29, 0.717) is 5.69 Å². The van der Waals surface area contributed by atoms with Crippen LogP contribution >= 0.6 is 15.9 Å². The van der Waals surface area contributed by atoms with Gasteiger partial charge in [-0.25, -0.2) is 0 Å². The average Bonchev–Trinajstić information content (AvgIpc) is 2.28. The number of benzene rings is 2. The van der Waals surface area contributed by atoms with E-state index in [0.717, 1.165) is 21.2 Å². The van der Waals surface area contributed by atoms with E-state index < -0.39 is 6.10 Å². The lowest BCUT2D eigenvalue weighted by atomic mass is 9.99. The van der Waals surface area contributed by atoms with Gasteiger partial charge in [-0.2, -0.15) is 0 Å². The maximum Gasteiger partial charge on any atom is 0.106 e. The van der Waals surface area contributed by atoms with Crippen LogP contribution in [0.15, 0.2) is 46.9 Å². The Bertz CT molecular complexity index is 539. The maximum atomic E-state index is 10.3. The van der Waals surface area contributed by atoms with Crippen molar-refractivity contribution in [2.75, 3.05) is 5.73 Å². The zero-order chi connectivity index (χ0) is 12.4. The van der Waals surface area contributed by atoms with Crippen LogP contribution in [0.4, 0.5) is 5.69 Å². The molecule has 0 aliphatic carbocycles. The van der Waals surface area contributed by atoms with Crippen molar-refractivity contribution in [1.82, 2.24) is 0 Å². The smallest absolute Gasteiger partial charge is 0.106 e. The first kappa shape index (κ1) is 12.1. The molecule has 0 heterocycles.